The van der Waals surface area contributed by atoms with Gasteiger partial charge in [-0.2, -0.15) is 0 Å². The number of rotatable bonds is 5. The van der Waals surface area contributed by atoms with Gasteiger partial charge in [-0.1, -0.05) is 12.1 Å². The zero-order chi connectivity index (χ0) is 21.4. The number of aromatic nitrogens is 1. The van der Waals surface area contributed by atoms with Gasteiger partial charge in [0.1, 0.15) is 11.4 Å². The van der Waals surface area contributed by atoms with E-state index >= 15 is 0 Å². The van der Waals surface area contributed by atoms with Crippen LogP contribution < -0.4 is 10.5 Å². The first-order valence-corrected chi connectivity index (χ1v) is 9.13. The third-order valence-electron chi connectivity index (χ3n) is 4.83. The maximum atomic E-state index is 14.2. The molecule has 1 aliphatic rings. The topological polar surface area (TPSA) is 85.5 Å². The van der Waals surface area contributed by atoms with Gasteiger partial charge in [0.25, 0.3) is 11.8 Å². The number of carbonyl (C=O) groups excluding carboxylic acids is 2. The van der Waals surface area contributed by atoms with Crippen LogP contribution in [0, 0.1) is 18.6 Å². The number of nitrogens with two attached hydrogens (primary N) is 1. The molecule has 4 rings (SSSR count). The summed E-state index contributed by atoms with van der Waals surface area (Å²) in [6, 6.07) is 10.2. The van der Waals surface area contributed by atoms with Crippen LogP contribution in [0.1, 0.15) is 37.4 Å². The summed E-state index contributed by atoms with van der Waals surface area (Å²) < 4.78 is 33.8. The molecular formula is C22H17F2N3O3. The number of aryl methyl sites for hydroxylation is 1. The Labute approximate surface area is 170 Å². The van der Waals surface area contributed by atoms with E-state index in [1.807, 2.05) is 0 Å². The third-order valence-corrected chi connectivity index (χ3v) is 4.83. The molecule has 0 spiro atoms. The van der Waals surface area contributed by atoms with Crippen LogP contribution in [-0.4, -0.2) is 21.7 Å². The Balaban J connectivity index is 1.58. The van der Waals surface area contributed by atoms with Gasteiger partial charge in [0.15, 0.2) is 11.6 Å². The van der Waals surface area contributed by atoms with Crippen LogP contribution in [-0.2, 0) is 13.1 Å². The van der Waals surface area contributed by atoms with E-state index in [0.717, 1.165) is 5.56 Å². The van der Waals surface area contributed by atoms with Crippen molar-refractivity contribution in [2.75, 3.05) is 0 Å². The molecule has 2 aromatic carbocycles. The number of ether oxygens (including phenoxy) is 1. The van der Waals surface area contributed by atoms with E-state index in [4.69, 9.17) is 10.5 Å². The highest BCUT2D eigenvalue weighted by atomic mass is 19.1. The molecule has 2 amide bonds. The quantitative estimate of drug-likeness (QED) is 0.696. The van der Waals surface area contributed by atoms with Crippen LogP contribution in [0.2, 0.25) is 0 Å². The third kappa shape index (κ3) is 3.59. The summed E-state index contributed by atoms with van der Waals surface area (Å²) in [5, 5.41) is 0. The van der Waals surface area contributed by atoms with Crippen molar-refractivity contribution >= 4 is 11.8 Å². The molecule has 0 bridgehead atoms. The van der Waals surface area contributed by atoms with Gasteiger partial charge >= 0.3 is 0 Å². The highest BCUT2D eigenvalue weighted by Gasteiger charge is 2.32. The average Bonchev–Trinajstić information content (AvgIpc) is 3.00. The molecule has 1 aliphatic heterocycles. The van der Waals surface area contributed by atoms with Crippen molar-refractivity contribution in [2.24, 2.45) is 5.73 Å². The Kier molecular flexibility index (Phi) is 4.91. The van der Waals surface area contributed by atoms with Crippen molar-refractivity contribution in [1.29, 1.82) is 0 Å². The van der Waals surface area contributed by atoms with Crippen LogP contribution in [0.4, 0.5) is 8.78 Å². The number of halogens is 2. The minimum Gasteiger partial charge on any atom is -0.435 e. The molecule has 2 N–H and O–H groups in total. The summed E-state index contributed by atoms with van der Waals surface area (Å²) in [6.45, 7) is 2.13. The molecule has 0 saturated heterocycles. The number of nitrogens with zero attached hydrogens (tertiary/aromatic N) is 2. The molecule has 0 radical (unpaired) electrons. The van der Waals surface area contributed by atoms with Crippen molar-refractivity contribution < 1.29 is 23.1 Å². The molecule has 0 atom stereocenters. The Morgan fingerprint density at radius 2 is 1.97 bits per heavy atom. The van der Waals surface area contributed by atoms with Crippen LogP contribution in [0.25, 0.3) is 0 Å². The number of primary amides is 1. The molecule has 8 heteroatoms. The molecule has 0 aliphatic carbocycles. The molecule has 152 valence electrons. The lowest BCUT2D eigenvalue weighted by Crippen LogP contribution is -2.24. The van der Waals surface area contributed by atoms with Crippen LogP contribution >= 0.6 is 0 Å². The Morgan fingerprint density at radius 1 is 1.17 bits per heavy atom. The van der Waals surface area contributed by atoms with Crippen molar-refractivity contribution in [3.05, 3.63) is 88.1 Å². The van der Waals surface area contributed by atoms with Gasteiger partial charge in [-0.25, -0.2) is 13.8 Å². The second kappa shape index (κ2) is 7.55. The second-order valence-corrected chi connectivity index (χ2v) is 7.03. The molecule has 1 aromatic heterocycles. The lowest BCUT2D eigenvalue weighted by Gasteiger charge is -2.16. The number of hydrogen-bond acceptors (Lipinski definition) is 4. The normalized spacial score (nSPS) is 12.8. The Morgan fingerprint density at radius 3 is 2.67 bits per heavy atom. The zero-order valence-corrected chi connectivity index (χ0v) is 16.0. The van der Waals surface area contributed by atoms with Crippen LogP contribution in [0.15, 0.2) is 48.7 Å². The van der Waals surface area contributed by atoms with Crippen LogP contribution in [0.5, 0.6) is 11.6 Å². The van der Waals surface area contributed by atoms with Crippen molar-refractivity contribution in [3.8, 4) is 11.6 Å². The smallest absolute Gasteiger partial charge is 0.260 e. The van der Waals surface area contributed by atoms with Gasteiger partial charge in [-0.05, 0) is 53.9 Å². The summed E-state index contributed by atoms with van der Waals surface area (Å²) in [7, 11) is 0. The Bertz CT molecular complexity index is 1180. The van der Waals surface area contributed by atoms with Crippen molar-refractivity contribution in [1.82, 2.24) is 9.88 Å². The van der Waals surface area contributed by atoms with Gasteiger partial charge in [0.2, 0.25) is 5.88 Å². The number of hydrogen-bond donors (Lipinski definition) is 1. The van der Waals surface area contributed by atoms with Gasteiger partial charge in [-0.15, -0.1) is 0 Å². The summed E-state index contributed by atoms with van der Waals surface area (Å²) >= 11 is 0. The molecule has 30 heavy (non-hydrogen) atoms. The number of fused-ring (bicyclic) bond motifs is 1. The minimum absolute atomic E-state index is 0.0120. The second-order valence-electron chi connectivity index (χ2n) is 7.03. The van der Waals surface area contributed by atoms with E-state index in [9.17, 15) is 18.4 Å². The van der Waals surface area contributed by atoms with E-state index < -0.39 is 17.5 Å². The molecule has 0 saturated carbocycles. The fraction of sp³-hybridized carbons (Fsp3) is 0.136. The fourth-order valence-electron chi connectivity index (χ4n) is 3.35. The predicted molar refractivity (Wildman–Crippen MR) is 104 cm³/mol. The number of amides is 2. The summed E-state index contributed by atoms with van der Waals surface area (Å²) in [6.07, 6.45) is 1.48. The summed E-state index contributed by atoms with van der Waals surface area (Å²) in [4.78, 5) is 29.7. The maximum Gasteiger partial charge on any atom is 0.260 e. The molecule has 0 unspecified atom stereocenters. The van der Waals surface area contributed by atoms with Crippen LogP contribution in [0.3, 0.4) is 0 Å². The first-order chi connectivity index (χ1) is 14.3. The van der Waals surface area contributed by atoms with Gasteiger partial charge in [0, 0.05) is 19.3 Å². The summed E-state index contributed by atoms with van der Waals surface area (Å²) in [5.74, 6) is -2.54. The molecule has 6 nitrogen and oxygen atoms in total. The SMILES string of the molecule is Cc1ccc(Oc2nccc3c2C(=O)N(Cc2ccc(C(N)=O)c(F)c2)C3)c(F)c1. The molecule has 3 aromatic rings. The van der Waals surface area contributed by atoms with E-state index in [-0.39, 0.29) is 41.8 Å². The minimum atomic E-state index is -0.861. The van der Waals surface area contributed by atoms with Gasteiger partial charge in [-0.3, -0.25) is 9.59 Å². The lowest BCUT2D eigenvalue weighted by atomic mass is 10.1. The standard InChI is InChI=1S/C22H17F2N3O3/c1-12-2-5-18(17(24)8-12)30-21-19-14(6-7-26-21)11-27(22(19)29)10-13-3-4-15(20(25)28)16(23)9-13/h2-9H,10-11H2,1H3,(H2,25,28). The van der Waals surface area contributed by atoms with E-state index in [1.165, 1.54) is 41.4 Å². The first-order valence-electron chi connectivity index (χ1n) is 9.13. The lowest BCUT2D eigenvalue weighted by molar-refractivity contribution is 0.0763. The average molecular weight is 409 g/mol. The molecule has 0 fully saturated rings. The number of pyridine rings is 1. The van der Waals surface area contributed by atoms with Gasteiger partial charge in [0.05, 0.1) is 5.56 Å². The van der Waals surface area contributed by atoms with Crippen molar-refractivity contribution in [3.63, 3.8) is 0 Å². The number of benzene rings is 2. The zero-order valence-electron chi connectivity index (χ0n) is 16.0. The van der Waals surface area contributed by atoms with E-state index in [0.29, 0.717) is 11.1 Å². The Hall–Kier alpha value is -3.81. The number of carbonyl (C=O) groups is 2. The van der Waals surface area contributed by atoms with E-state index in [1.54, 1.807) is 19.1 Å². The highest BCUT2D eigenvalue weighted by molar-refractivity contribution is 6.00. The molecular weight excluding hydrogens is 392 g/mol. The fourth-order valence-corrected chi connectivity index (χ4v) is 3.35. The van der Waals surface area contributed by atoms with E-state index in [2.05, 4.69) is 4.98 Å². The predicted octanol–water partition coefficient (Wildman–Crippen LogP) is 3.72. The van der Waals surface area contributed by atoms with Gasteiger partial charge < -0.3 is 15.4 Å². The largest absolute Gasteiger partial charge is 0.435 e. The summed E-state index contributed by atoms with van der Waals surface area (Å²) in [5.41, 5.74) is 7.06. The molecule has 2 heterocycles. The first kappa shape index (κ1) is 19.5. The highest BCUT2D eigenvalue weighted by Crippen LogP contribution is 2.33. The monoisotopic (exact) mass is 409 g/mol. The van der Waals surface area contributed by atoms with Crippen molar-refractivity contribution in [2.45, 2.75) is 20.0 Å². The maximum absolute atomic E-state index is 14.2.